The summed E-state index contributed by atoms with van der Waals surface area (Å²) in [5.41, 5.74) is 0. The van der Waals surface area contributed by atoms with E-state index in [1.54, 1.807) is 0 Å². The van der Waals surface area contributed by atoms with Gasteiger partial charge in [0.2, 0.25) is 0 Å². The number of rotatable bonds is 1. The Morgan fingerprint density at radius 3 is 2.22 bits per heavy atom. The van der Waals surface area contributed by atoms with Crippen molar-refractivity contribution in [1.82, 2.24) is 4.90 Å². The Labute approximate surface area is 54.8 Å². The molecular weight excluding hydrogens is 114 g/mol. The number of hydrogen-bond acceptors (Lipinski definition) is 2. The van der Waals surface area contributed by atoms with Crippen molar-refractivity contribution in [3.8, 4) is 0 Å². The Bertz CT molecular complexity index is 115. The highest BCUT2D eigenvalue weighted by Gasteiger charge is 2.38. The monoisotopic (exact) mass is 125 g/mol. The Kier molecular flexibility index (Phi) is 1.09. The molecule has 0 saturated carbocycles. The molecular formula is C7H11NO. The standard InChI is InChI=1S/C7H11NO/c9-5-7-6-1-3-8(7)4-2-6/h5-7H,1-4H2. The molecule has 0 aliphatic carbocycles. The summed E-state index contributed by atoms with van der Waals surface area (Å²) in [5, 5.41) is 0. The molecule has 2 aliphatic heterocycles. The first-order chi connectivity index (χ1) is 4.42. The van der Waals surface area contributed by atoms with E-state index in [0.29, 0.717) is 12.0 Å². The maximum atomic E-state index is 10.4. The molecule has 2 heterocycles. The lowest BCUT2D eigenvalue weighted by Gasteiger charge is -2.11. The van der Waals surface area contributed by atoms with Gasteiger partial charge in [-0.25, -0.2) is 0 Å². The third-order valence-electron chi connectivity index (χ3n) is 2.62. The van der Waals surface area contributed by atoms with Gasteiger partial charge in [0, 0.05) is 0 Å². The second-order valence-electron chi connectivity index (χ2n) is 3.00. The van der Waals surface area contributed by atoms with Gasteiger partial charge in [-0.3, -0.25) is 4.90 Å². The Morgan fingerprint density at radius 1 is 1.33 bits per heavy atom. The van der Waals surface area contributed by atoms with E-state index in [4.69, 9.17) is 0 Å². The largest absolute Gasteiger partial charge is 0.302 e. The summed E-state index contributed by atoms with van der Waals surface area (Å²) in [5.74, 6) is 0.711. The highest BCUT2D eigenvalue weighted by atomic mass is 16.1. The molecule has 0 aromatic carbocycles. The van der Waals surface area contributed by atoms with Crippen molar-refractivity contribution in [2.75, 3.05) is 13.1 Å². The molecule has 2 bridgehead atoms. The molecule has 0 spiro atoms. The Morgan fingerprint density at radius 2 is 2.00 bits per heavy atom. The van der Waals surface area contributed by atoms with Gasteiger partial charge in [0.25, 0.3) is 0 Å². The van der Waals surface area contributed by atoms with E-state index in [9.17, 15) is 4.79 Å². The van der Waals surface area contributed by atoms with E-state index in [1.165, 1.54) is 12.8 Å². The van der Waals surface area contributed by atoms with Crippen LogP contribution in [0.5, 0.6) is 0 Å². The first-order valence-corrected chi connectivity index (χ1v) is 3.61. The van der Waals surface area contributed by atoms with Crippen LogP contribution in [0, 0.1) is 5.92 Å². The first kappa shape index (κ1) is 5.42. The minimum atomic E-state index is 0.296. The van der Waals surface area contributed by atoms with Crippen molar-refractivity contribution in [3.05, 3.63) is 0 Å². The van der Waals surface area contributed by atoms with E-state index in [-0.39, 0.29) is 0 Å². The molecule has 2 saturated heterocycles. The van der Waals surface area contributed by atoms with Crippen LogP contribution in [0.15, 0.2) is 0 Å². The van der Waals surface area contributed by atoms with Gasteiger partial charge in [0.15, 0.2) is 0 Å². The molecule has 9 heavy (non-hydrogen) atoms. The lowest BCUT2D eigenvalue weighted by molar-refractivity contribution is -0.111. The number of piperidine rings is 1. The van der Waals surface area contributed by atoms with Gasteiger partial charge in [-0.05, 0) is 31.8 Å². The summed E-state index contributed by atoms with van der Waals surface area (Å²) >= 11 is 0. The van der Waals surface area contributed by atoms with Gasteiger partial charge < -0.3 is 4.79 Å². The highest BCUT2D eigenvalue weighted by Crippen LogP contribution is 2.32. The average Bonchev–Trinajstić information content (AvgIpc) is 2.44. The average molecular weight is 125 g/mol. The number of aldehydes is 1. The second-order valence-corrected chi connectivity index (χ2v) is 3.00. The molecule has 1 unspecified atom stereocenters. The van der Waals surface area contributed by atoms with Crippen LogP contribution in [-0.4, -0.2) is 30.3 Å². The van der Waals surface area contributed by atoms with Crippen molar-refractivity contribution < 1.29 is 4.79 Å². The fourth-order valence-corrected chi connectivity index (χ4v) is 2.05. The fourth-order valence-electron chi connectivity index (χ4n) is 2.05. The highest BCUT2D eigenvalue weighted by molar-refractivity contribution is 5.59. The molecule has 0 amide bonds. The number of fused-ring (bicyclic) bond motifs is 2. The van der Waals surface area contributed by atoms with Crippen LogP contribution in [0.2, 0.25) is 0 Å². The van der Waals surface area contributed by atoms with Crippen molar-refractivity contribution in [1.29, 1.82) is 0 Å². The van der Waals surface area contributed by atoms with Gasteiger partial charge in [-0.2, -0.15) is 0 Å². The van der Waals surface area contributed by atoms with Gasteiger partial charge in [-0.15, -0.1) is 0 Å². The Balaban J connectivity index is 2.16. The normalized spacial score (nSPS) is 47.8. The van der Waals surface area contributed by atoms with Crippen LogP contribution >= 0.6 is 0 Å². The Hall–Kier alpha value is -0.370. The lowest BCUT2D eigenvalue weighted by atomic mass is 10.0. The maximum absolute atomic E-state index is 10.4. The molecule has 0 radical (unpaired) electrons. The fraction of sp³-hybridized carbons (Fsp3) is 0.857. The maximum Gasteiger partial charge on any atom is 0.137 e. The topological polar surface area (TPSA) is 20.3 Å². The number of carbonyl (C=O) groups excluding carboxylic acids is 1. The third-order valence-corrected chi connectivity index (χ3v) is 2.62. The number of carbonyl (C=O) groups is 1. The SMILES string of the molecule is O=CC1C2CCN1CC2. The molecule has 2 aliphatic rings. The summed E-state index contributed by atoms with van der Waals surface area (Å²) in [6, 6.07) is 0.296. The molecule has 0 N–H and O–H groups in total. The predicted octanol–water partition coefficient (Wildman–Crippen LogP) is 0.279. The predicted molar refractivity (Wildman–Crippen MR) is 34.1 cm³/mol. The van der Waals surface area contributed by atoms with E-state index in [1.807, 2.05) is 0 Å². The van der Waals surface area contributed by atoms with E-state index < -0.39 is 0 Å². The van der Waals surface area contributed by atoms with Crippen molar-refractivity contribution in [2.24, 2.45) is 5.92 Å². The van der Waals surface area contributed by atoms with Crippen molar-refractivity contribution in [3.63, 3.8) is 0 Å². The lowest BCUT2D eigenvalue weighted by Crippen LogP contribution is -2.26. The van der Waals surface area contributed by atoms with Crippen molar-refractivity contribution >= 4 is 6.29 Å². The van der Waals surface area contributed by atoms with Crippen LogP contribution in [0.3, 0.4) is 0 Å². The van der Waals surface area contributed by atoms with Crippen LogP contribution in [0.1, 0.15) is 12.8 Å². The zero-order chi connectivity index (χ0) is 6.27. The van der Waals surface area contributed by atoms with E-state index in [2.05, 4.69) is 4.90 Å². The zero-order valence-corrected chi connectivity index (χ0v) is 5.42. The molecule has 2 heteroatoms. The van der Waals surface area contributed by atoms with Gasteiger partial charge in [-0.1, -0.05) is 0 Å². The smallest absolute Gasteiger partial charge is 0.137 e. The molecule has 2 fully saturated rings. The summed E-state index contributed by atoms with van der Waals surface area (Å²) in [4.78, 5) is 12.7. The molecule has 1 atom stereocenters. The molecule has 50 valence electrons. The summed E-state index contributed by atoms with van der Waals surface area (Å²) in [6.07, 6.45) is 3.62. The van der Waals surface area contributed by atoms with Gasteiger partial charge in [0.1, 0.15) is 6.29 Å². The second kappa shape index (κ2) is 1.81. The van der Waals surface area contributed by atoms with Gasteiger partial charge in [0.05, 0.1) is 6.04 Å². The minimum absolute atomic E-state index is 0.296. The van der Waals surface area contributed by atoms with Crippen LogP contribution in [-0.2, 0) is 4.79 Å². The van der Waals surface area contributed by atoms with Crippen LogP contribution in [0.4, 0.5) is 0 Å². The quantitative estimate of drug-likeness (QED) is 0.469. The molecule has 2 nitrogen and oxygen atoms in total. The zero-order valence-electron chi connectivity index (χ0n) is 5.42. The minimum Gasteiger partial charge on any atom is -0.302 e. The molecule has 0 aromatic rings. The van der Waals surface area contributed by atoms with Crippen LogP contribution < -0.4 is 0 Å². The van der Waals surface area contributed by atoms with Gasteiger partial charge >= 0.3 is 0 Å². The summed E-state index contributed by atoms with van der Waals surface area (Å²) in [7, 11) is 0. The van der Waals surface area contributed by atoms with Crippen molar-refractivity contribution in [2.45, 2.75) is 18.9 Å². The third kappa shape index (κ3) is 0.628. The molecule has 0 aromatic heterocycles. The summed E-state index contributed by atoms with van der Waals surface area (Å²) < 4.78 is 0. The van der Waals surface area contributed by atoms with Crippen LogP contribution in [0.25, 0.3) is 0 Å². The summed E-state index contributed by atoms with van der Waals surface area (Å²) in [6.45, 7) is 2.32. The number of hydrogen-bond donors (Lipinski definition) is 0. The molecule has 2 rings (SSSR count). The number of nitrogens with zero attached hydrogens (tertiary/aromatic N) is 1. The van der Waals surface area contributed by atoms with E-state index >= 15 is 0 Å². The van der Waals surface area contributed by atoms with E-state index in [0.717, 1.165) is 19.4 Å². The first-order valence-electron chi connectivity index (χ1n) is 3.61.